The van der Waals surface area contributed by atoms with Crippen molar-refractivity contribution in [3.63, 3.8) is 0 Å². The fourth-order valence-electron chi connectivity index (χ4n) is 1.75. The molecule has 21 heavy (non-hydrogen) atoms. The number of nitrogens with zero attached hydrogens (tertiary/aromatic N) is 1. The standard InChI is InChI=1S/C15H24FN3O2/c1-15(2,10-20)19(3)8-4-5-14(21)18-11-6-7-12(16)13(17)9-11/h6-7,9,20H,4-5,8,10,17H2,1-3H3,(H,18,21). The van der Waals surface area contributed by atoms with Gasteiger partial charge in [-0.2, -0.15) is 0 Å². The molecule has 5 nitrogen and oxygen atoms in total. The molecule has 0 atom stereocenters. The number of carbonyl (C=O) groups is 1. The highest BCUT2D eigenvalue weighted by Gasteiger charge is 2.21. The summed E-state index contributed by atoms with van der Waals surface area (Å²) in [6, 6.07) is 4.10. The second kappa shape index (κ2) is 7.38. The van der Waals surface area contributed by atoms with Crippen molar-refractivity contribution in [2.45, 2.75) is 32.2 Å². The largest absolute Gasteiger partial charge is 0.396 e. The summed E-state index contributed by atoms with van der Waals surface area (Å²) in [7, 11) is 1.91. The molecule has 1 aromatic carbocycles. The van der Waals surface area contributed by atoms with Crippen LogP contribution in [0.5, 0.6) is 0 Å². The Labute approximate surface area is 124 Å². The van der Waals surface area contributed by atoms with Crippen molar-refractivity contribution in [1.29, 1.82) is 0 Å². The fourth-order valence-corrected chi connectivity index (χ4v) is 1.75. The van der Waals surface area contributed by atoms with E-state index in [0.717, 1.165) is 0 Å². The molecule has 0 bridgehead atoms. The minimum atomic E-state index is -0.499. The van der Waals surface area contributed by atoms with Crippen LogP contribution in [0.3, 0.4) is 0 Å². The zero-order chi connectivity index (χ0) is 16.0. The van der Waals surface area contributed by atoms with Gasteiger partial charge in [-0.1, -0.05) is 0 Å². The van der Waals surface area contributed by atoms with Crippen molar-refractivity contribution in [2.75, 3.05) is 31.2 Å². The zero-order valence-corrected chi connectivity index (χ0v) is 12.8. The van der Waals surface area contributed by atoms with Crippen molar-refractivity contribution in [3.8, 4) is 0 Å². The van der Waals surface area contributed by atoms with Crippen molar-refractivity contribution in [1.82, 2.24) is 4.90 Å². The van der Waals surface area contributed by atoms with E-state index < -0.39 is 5.82 Å². The molecule has 118 valence electrons. The van der Waals surface area contributed by atoms with Gasteiger partial charge in [-0.15, -0.1) is 0 Å². The molecular formula is C15H24FN3O2. The van der Waals surface area contributed by atoms with E-state index in [0.29, 0.717) is 25.1 Å². The minimum Gasteiger partial charge on any atom is -0.396 e. The summed E-state index contributed by atoms with van der Waals surface area (Å²) in [6.07, 6.45) is 1.02. The van der Waals surface area contributed by atoms with E-state index in [1.54, 1.807) is 0 Å². The number of anilines is 2. The molecule has 6 heteroatoms. The number of carbonyl (C=O) groups excluding carboxylic acids is 1. The lowest BCUT2D eigenvalue weighted by atomic mass is 10.0. The van der Waals surface area contributed by atoms with Gasteiger partial charge < -0.3 is 16.2 Å². The molecule has 1 aromatic rings. The van der Waals surface area contributed by atoms with Crippen LogP contribution in [0.4, 0.5) is 15.8 Å². The van der Waals surface area contributed by atoms with Gasteiger partial charge in [0.1, 0.15) is 5.82 Å². The van der Waals surface area contributed by atoms with E-state index in [1.807, 2.05) is 25.8 Å². The smallest absolute Gasteiger partial charge is 0.224 e. The molecule has 0 aromatic heterocycles. The number of nitrogens with one attached hydrogen (secondary N) is 1. The van der Waals surface area contributed by atoms with E-state index in [-0.39, 0.29) is 23.7 Å². The maximum absolute atomic E-state index is 13.0. The predicted molar refractivity (Wildman–Crippen MR) is 82.5 cm³/mol. The van der Waals surface area contributed by atoms with Crippen molar-refractivity contribution in [3.05, 3.63) is 24.0 Å². The lowest BCUT2D eigenvalue weighted by Gasteiger charge is -2.33. The number of rotatable bonds is 7. The molecule has 1 rings (SSSR count). The van der Waals surface area contributed by atoms with Gasteiger partial charge in [-0.25, -0.2) is 4.39 Å². The Bertz CT molecular complexity index is 492. The third kappa shape index (κ3) is 5.32. The summed E-state index contributed by atoms with van der Waals surface area (Å²) in [6.45, 7) is 4.64. The topological polar surface area (TPSA) is 78.6 Å². The highest BCUT2D eigenvalue weighted by atomic mass is 19.1. The average molecular weight is 297 g/mol. The lowest BCUT2D eigenvalue weighted by Crippen LogP contribution is -2.44. The maximum atomic E-state index is 13.0. The van der Waals surface area contributed by atoms with E-state index >= 15 is 0 Å². The van der Waals surface area contributed by atoms with E-state index in [9.17, 15) is 14.3 Å². The fraction of sp³-hybridized carbons (Fsp3) is 0.533. The van der Waals surface area contributed by atoms with Gasteiger partial charge in [0.05, 0.1) is 12.3 Å². The van der Waals surface area contributed by atoms with Gasteiger partial charge in [-0.05, 0) is 52.1 Å². The number of nitrogens with two attached hydrogens (primary N) is 1. The molecule has 0 aliphatic rings. The first-order valence-electron chi connectivity index (χ1n) is 6.93. The van der Waals surface area contributed by atoms with Crippen LogP contribution < -0.4 is 11.1 Å². The van der Waals surface area contributed by atoms with Gasteiger partial charge in [0.2, 0.25) is 5.91 Å². The van der Waals surface area contributed by atoms with Crippen LogP contribution in [-0.2, 0) is 4.79 Å². The molecular weight excluding hydrogens is 273 g/mol. The summed E-state index contributed by atoms with van der Waals surface area (Å²) < 4.78 is 13.0. The molecule has 0 saturated carbocycles. The Hall–Kier alpha value is -1.66. The summed E-state index contributed by atoms with van der Waals surface area (Å²) in [4.78, 5) is 13.8. The number of hydrogen-bond donors (Lipinski definition) is 3. The number of nitrogen functional groups attached to an aromatic ring is 1. The van der Waals surface area contributed by atoms with E-state index in [2.05, 4.69) is 5.32 Å². The Balaban J connectivity index is 2.39. The van der Waals surface area contributed by atoms with E-state index in [1.165, 1.54) is 18.2 Å². The molecule has 0 radical (unpaired) electrons. The number of halogens is 1. The second-order valence-electron chi connectivity index (χ2n) is 5.78. The van der Waals surface area contributed by atoms with Crippen molar-refractivity contribution >= 4 is 17.3 Å². The summed E-state index contributed by atoms with van der Waals surface area (Å²) >= 11 is 0. The number of aliphatic hydroxyl groups excluding tert-OH is 1. The summed E-state index contributed by atoms with van der Waals surface area (Å²) in [5, 5.41) is 11.9. The SMILES string of the molecule is CN(CCCC(=O)Nc1ccc(F)c(N)c1)C(C)(C)CO. The molecule has 0 aliphatic heterocycles. The van der Waals surface area contributed by atoms with Crippen molar-refractivity contribution < 1.29 is 14.3 Å². The zero-order valence-electron chi connectivity index (χ0n) is 12.8. The highest BCUT2D eigenvalue weighted by molar-refractivity contribution is 5.91. The van der Waals surface area contributed by atoms with Crippen LogP contribution >= 0.6 is 0 Å². The van der Waals surface area contributed by atoms with Gasteiger partial charge >= 0.3 is 0 Å². The lowest BCUT2D eigenvalue weighted by molar-refractivity contribution is -0.116. The van der Waals surface area contributed by atoms with Gasteiger partial charge in [0.15, 0.2) is 0 Å². The van der Waals surface area contributed by atoms with E-state index in [4.69, 9.17) is 5.73 Å². The van der Waals surface area contributed by atoms with Gasteiger partial charge in [0, 0.05) is 17.6 Å². The molecule has 4 N–H and O–H groups in total. The van der Waals surface area contributed by atoms with Crippen LogP contribution in [0.1, 0.15) is 26.7 Å². The minimum absolute atomic E-state index is 0.0113. The molecule has 0 saturated heterocycles. The Morgan fingerprint density at radius 2 is 2.14 bits per heavy atom. The summed E-state index contributed by atoms with van der Waals surface area (Å²) in [5.74, 6) is -0.642. The Morgan fingerprint density at radius 3 is 2.71 bits per heavy atom. The maximum Gasteiger partial charge on any atom is 0.224 e. The van der Waals surface area contributed by atoms with Crippen LogP contribution in [0, 0.1) is 5.82 Å². The molecule has 0 spiro atoms. The van der Waals surface area contributed by atoms with Crippen LogP contribution in [0.2, 0.25) is 0 Å². The van der Waals surface area contributed by atoms with Crippen LogP contribution in [-0.4, -0.2) is 41.7 Å². The summed E-state index contributed by atoms with van der Waals surface area (Å²) in [5.41, 5.74) is 5.64. The number of amides is 1. The average Bonchev–Trinajstić information content (AvgIpc) is 2.42. The number of hydrogen-bond acceptors (Lipinski definition) is 4. The molecule has 1 amide bonds. The van der Waals surface area contributed by atoms with Gasteiger partial charge in [-0.3, -0.25) is 9.69 Å². The number of aliphatic hydroxyl groups is 1. The first-order valence-corrected chi connectivity index (χ1v) is 6.93. The quantitative estimate of drug-likeness (QED) is 0.671. The Morgan fingerprint density at radius 1 is 1.48 bits per heavy atom. The molecule has 0 heterocycles. The predicted octanol–water partition coefficient (Wildman–Crippen LogP) is 1.83. The highest BCUT2D eigenvalue weighted by Crippen LogP contribution is 2.17. The van der Waals surface area contributed by atoms with Crippen LogP contribution in [0.25, 0.3) is 0 Å². The van der Waals surface area contributed by atoms with Gasteiger partial charge in [0.25, 0.3) is 0 Å². The van der Waals surface area contributed by atoms with Crippen LogP contribution in [0.15, 0.2) is 18.2 Å². The molecule has 0 fully saturated rings. The number of likely N-dealkylation sites (N-methyl/N-ethyl adjacent to an activating group) is 1. The Kier molecular flexibility index (Phi) is 6.11. The third-order valence-electron chi connectivity index (χ3n) is 3.60. The first kappa shape index (κ1) is 17.4. The number of benzene rings is 1. The first-order chi connectivity index (χ1) is 9.76. The normalized spacial score (nSPS) is 11.7. The molecule has 0 aliphatic carbocycles. The monoisotopic (exact) mass is 297 g/mol. The third-order valence-corrected chi connectivity index (χ3v) is 3.60. The molecule has 0 unspecified atom stereocenters. The van der Waals surface area contributed by atoms with Crippen molar-refractivity contribution in [2.24, 2.45) is 0 Å². The second-order valence-corrected chi connectivity index (χ2v) is 5.78.